The summed E-state index contributed by atoms with van der Waals surface area (Å²) in [5, 5.41) is 32.4. The van der Waals surface area contributed by atoms with Crippen molar-refractivity contribution in [1.82, 2.24) is 49.9 Å². The van der Waals surface area contributed by atoms with Gasteiger partial charge in [0.2, 0.25) is 0 Å². The monoisotopic (exact) mass is 736 g/mol. The molecule has 4 aromatic carbocycles. The number of rotatable bonds is 6. The molecule has 0 aliphatic carbocycles. The number of aromatic nitrogens is 10. The number of aliphatic carboxylic acids is 2. The van der Waals surface area contributed by atoms with E-state index in [0.717, 1.165) is 56.0 Å². The second kappa shape index (κ2) is 15.7. The molecule has 0 bridgehead atoms. The molecule has 0 radical (unpaired) electrons. The number of aryl methyl sites for hydroxylation is 2. The van der Waals surface area contributed by atoms with Crippen molar-refractivity contribution in [3.63, 3.8) is 0 Å². The first-order valence-corrected chi connectivity index (χ1v) is 16.4. The van der Waals surface area contributed by atoms with E-state index in [9.17, 15) is 0 Å². The van der Waals surface area contributed by atoms with E-state index in [2.05, 4.69) is 64.8 Å². The van der Waals surface area contributed by atoms with Crippen LogP contribution in [0.3, 0.4) is 0 Å². The quantitative estimate of drug-likeness (QED) is 0.134. The topological polar surface area (TPSA) is 193 Å². The summed E-state index contributed by atoms with van der Waals surface area (Å²) in [4.78, 5) is 33.7. The van der Waals surface area contributed by atoms with Crippen molar-refractivity contribution in [3.8, 4) is 0 Å². The molecule has 0 amide bonds. The highest BCUT2D eigenvalue weighted by Crippen LogP contribution is 2.31. The van der Waals surface area contributed by atoms with E-state index in [0.29, 0.717) is 10.0 Å². The van der Waals surface area contributed by atoms with Gasteiger partial charge in [0.1, 0.15) is 23.7 Å². The average Bonchev–Trinajstić information content (AvgIpc) is 3.94. The molecular weight excluding hydrogens is 707 g/mol. The van der Waals surface area contributed by atoms with Gasteiger partial charge in [-0.2, -0.15) is 0 Å². The van der Waals surface area contributed by atoms with Crippen molar-refractivity contribution in [2.75, 3.05) is 0 Å². The summed E-state index contributed by atoms with van der Waals surface area (Å²) in [5.41, 5.74) is 8.18. The Morgan fingerprint density at radius 1 is 0.615 bits per heavy atom. The maximum absolute atomic E-state index is 9.10. The van der Waals surface area contributed by atoms with Gasteiger partial charge in [-0.05, 0) is 84.6 Å². The molecule has 4 aromatic heterocycles. The zero-order valence-corrected chi connectivity index (χ0v) is 29.1. The average molecular weight is 738 g/mol. The van der Waals surface area contributed by atoms with Crippen LogP contribution in [0.2, 0.25) is 10.0 Å². The first-order valence-electron chi connectivity index (χ1n) is 15.7. The summed E-state index contributed by atoms with van der Waals surface area (Å²) in [6.45, 7) is 3.90. The maximum atomic E-state index is 9.10. The number of hydrogen-bond donors (Lipinski definition) is 4. The first kappa shape index (κ1) is 35.4. The number of nitrogens with one attached hydrogen (secondary N) is 2. The van der Waals surface area contributed by atoms with Gasteiger partial charge >= 0.3 is 11.9 Å². The molecule has 0 spiro atoms. The highest BCUT2D eigenvalue weighted by Gasteiger charge is 2.20. The Morgan fingerprint density at radius 2 is 1.02 bits per heavy atom. The van der Waals surface area contributed by atoms with Gasteiger partial charge in [0, 0.05) is 22.4 Å². The molecule has 8 aromatic rings. The van der Waals surface area contributed by atoms with Gasteiger partial charge in [-0.3, -0.25) is 0 Å². The lowest BCUT2D eigenvalue weighted by Crippen LogP contribution is -2.13. The number of aromatic amines is 2. The molecule has 0 aliphatic heterocycles. The predicted octanol–water partition coefficient (Wildman–Crippen LogP) is 6.66. The van der Waals surface area contributed by atoms with Crippen LogP contribution < -0.4 is 0 Å². The van der Waals surface area contributed by atoms with Crippen LogP contribution >= 0.6 is 23.2 Å². The highest BCUT2D eigenvalue weighted by molar-refractivity contribution is 6.31. The number of imidazole rings is 2. The van der Waals surface area contributed by atoms with E-state index < -0.39 is 11.9 Å². The minimum Gasteiger partial charge on any atom is -0.473 e. The number of carboxylic acids is 2. The third kappa shape index (κ3) is 8.31. The van der Waals surface area contributed by atoms with Crippen molar-refractivity contribution in [3.05, 3.63) is 154 Å². The molecule has 8 rings (SSSR count). The van der Waals surface area contributed by atoms with E-state index in [4.69, 9.17) is 43.0 Å². The SMILES string of the molecule is Cc1nc2cc(C(c3cccc(Cl)c3)n3ccnn3)ccc2[nH]1.Cc1nc2cc(C(c3cccc(Cl)c3)n3ccnn3)ccc2[nH]1.O=C(O)C(=O)O. The van der Waals surface area contributed by atoms with Crippen molar-refractivity contribution in [2.24, 2.45) is 0 Å². The second-order valence-electron chi connectivity index (χ2n) is 11.5. The Bertz CT molecular complexity index is 2290. The van der Waals surface area contributed by atoms with Gasteiger partial charge in [-0.25, -0.2) is 28.9 Å². The molecular formula is C36H30Cl2N10O4. The van der Waals surface area contributed by atoms with Gasteiger partial charge in [0.15, 0.2) is 0 Å². The minimum atomic E-state index is -1.82. The number of benzene rings is 4. The number of nitrogens with zero attached hydrogens (tertiary/aromatic N) is 8. The minimum absolute atomic E-state index is 0.0994. The number of carbonyl (C=O) groups is 2. The second-order valence-corrected chi connectivity index (χ2v) is 12.4. The summed E-state index contributed by atoms with van der Waals surface area (Å²) in [7, 11) is 0. The van der Waals surface area contributed by atoms with Crippen LogP contribution in [0.1, 0.15) is 46.0 Å². The molecule has 4 heterocycles. The summed E-state index contributed by atoms with van der Waals surface area (Å²) >= 11 is 12.3. The number of halogens is 2. The smallest absolute Gasteiger partial charge is 0.414 e. The fourth-order valence-corrected chi connectivity index (χ4v) is 6.10. The van der Waals surface area contributed by atoms with Gasteiger partial charge in [0.05, 0.1) is 34.5 Å². The molecule has 0 saturated carbocycles. The Hall–Kier alpha value is -6.38. The molecule has 0 fully saturated rings. The number of hydrogen-bond acceptors (Lipinski definition) is 8. The normalized spacial score (nSPS) is 12.0. The summed E-state index contributed by atoms with van der Waals surface area (Å²) < 4.78 is 3.65. The molecule has 2 atom stereocenters. The molecule has 4 N–H and O–H groups in total. The number of fused-ring (bicyclic) bond motifs is 2. The summed E-state index contributed by atoms with van der Waals surface area (Å²) in [6.07, 6.45) is 7.06. The fourth-order valence-electron chi connectivity index (χ4n) is 5.70. The summed E-state index contributed by atoms with van der Waals surface area (Å²) in [5.74, 6) is -1.85. The van der Waals surface area contributed by atoms with Crippen LogP contribution in [0, 0.1) is 13.8 Å². The van der Waals surface area contributed by atoms with Gasteiger partial charge in [0.25, 0.3) is 0 Å². The Labute approximate surface area is 305 Å². The molecule has 16 heteroatoms. The van der Waals surface area contributed by atoms with Crippen LogP contribution in [-0.4, -0.2) is 72.1 Å². The van der Waals surface area contributed by atoms with Crippen LogP contribution in [-0.2, 0) is 9.59 Å². The van der Waals surface area contributed by atoms with E-state index in [1.807, 2.05) is 96.3 Å². The number of carboxylic acid groups (broad SMARTS) is 2. The van der Waals surface area contributed by atoms with E-state index >= 15 is 0 Å². The van der Waals surface area contributed by atoms with Crippen molar-refractivity contribution in [1.29, 1.82) is 0 Å². The van der Waals surface area contributed by atoms with Crippen LogP contribution in [0.15, 0.2) is 110 Å². The van der Waals surface area contributed by atoms with Crippen LogP contribution in [0.25, 0.3) is 22.1 Å². The molecule has 262 valence electrons. The van der Waals surface area contributed by atoms with Gasteiger partial charge in [-0.15, -0.1) is 10.2 Å². The van der Waals surface area contributed by atoms with Crippen molar-refractivity contribution < 1.29 is 19.8 Å². The zero-order valence-electron chi connectivity index (χ0n) is 27.6. The maximum Gasteiger partial charge on any atom is 0.414 e. The van der Waals surface area contributed by atoms with Gasteiger partial charge in [-0.1, -0.05) is 70.0 Å². The molecule has 52 heavy (non-hydrogen) atoms. The van der Waals surface area contributed by atoms with Crippen LogP contribution in [0.5, 0.6) is 0 Å². The Kier molecular flexibility index (Phi) is 10.7. The molecule has 14 nitrogen and oxygen atoms in total. The lowest BCUT2D eigenvalue weighted by molar-refractivity contribution is -0.159. The van der Waals surface area contributed by atoms with Crippen molar-refractivity contribution in [2.45, 2.75) is 25.9 Å². The highest BCUT2D eigenvalue weighted by atomic mass is 35.5. The third-order valence-corrected chi connectivity index (χ3v) is 8.28. The van der Waals surface area contributed by atoms with Crippen LogP contribution in [0.4, 0.5) is 0 Å². The predicted molar refractivity (Wildman–Crippen MR) is 194 cm³/mol. The number of H-pyrrole nitrogens is 2. The Morgan fingerprint density at radius 3 is 1.37 bits per heavy atom. The lowest BCUT2D eigenvalue weighted by Gasteiger charge is -2.18. The third-order valence-electron chi connectivity index (χ3n) is 7.81. The summed E-state index contributed by atoms with van der Waals surface area (Å²) in [6, 6.07) is 27.8. The fraction of sp³-hybridized carbons (Fsp3) is 0.111. The van der Waals surface area contributed by atoms with Gasteiger partial charge < -0.3 is 20.2 Å². The van der Waals surface area contributed by atoms with E-state index in [-0.39, 0.29) is 12.1 Å². The first-order chi connectivity index (χ1) is 25.0. The lowest BCUT2D eigenvalue weighted by atomic mass is 9.98. The van der Waals surface area contributed by atoms with Crippen molar-refractivity contribution >= 4 is 57.2 Å². The largest absolute Gasteiger partial charge is 0.473 e. The molecule has 0 aliphatic rings. The van der Waals surface area contributed by atoms with E-state index in [1.54, 1.807) is 12.4 Å². The van der Waals surface area contributed by atoms with E-state index in [1.165, 1.54) is 0 Å². The zero-order chi connectivity index (χ0) is 36.8. The molecule has 2 unspecified atom stereocenters. The standard InChI is InChI=1S/2C17H14ClN5.C2H2O4/c2*1-11-20-15-6-5-13(10-16(15)21-11)17(23-8-7-19-22-23)12-3-2-4-14(18)9-12;3-1(4)2(5)6/h2*2-10,17H,1H3,(H,20,21);(H,3,4)(H,5,6). The Balaban J connectivity index is 0.000000155. The molecule has 0 saturated heterocycles.